The number of nitrogens with zero attached hydrogens (tertiary/aromatic N) is 1. The van der Waals surface area contributed by atoms with Crippen molar-refractivity contribution in [1.82, 2.24) is 10.2 Å². The van der Waals surface area contributed by atoms with Crippen LogP contribution in [0.5, 0.6) is 23.0 Å². The lowest BCUT2D eigenvalue weighted by Crippen LogP contribution is -2.33. The van der Waals surface area contributed by atoms with Crippen LogP contribution in [0.4, 0.5) is 0 Å². The fraction of sp³-hybridized carbons (Fsp3) is 0.281. The van der Waals surface area contributed by atoms with Gasteiger partial charge in [0.05, 0.1) is 7.11 Å². The number of likely N-dealkylation sites (tertiary alicyclic amines) is 1. The van der Waals surface area contributed by atoms with Crippen molar-refractivity contribution >= 4 is 16.7 Å². The number of rotatable bonds is 8. The summed E-state index contributed by atoms with van der Waals surface area (Å²) in [6, 6.07) is 23.9. The molecule has 6 heteroatoms. The summed E-state index contributed by atoms with van der Waals surface area (Å²) in [5, 5.41) is 4.88. The molecule has 1 saturated heterocycles. The van der Waals surface area contributed by atoms with Gasteiger partial charge >= 0.3 is 0 Å². The molecule has 0 spiro atoms. The van der Waals surface area contributed by atoms with Crippen molar-refractivity contribution in [3.63, 3.8) is 0 Å². The highest BCUT2D eigenvalue weighted by Gasteiger charge is 2.21. The highest BCUT2D eigenvalue weighted by Crippen LogP contribution is 2.41. The molecule has 38 heavy (non-hydrogen) atoms. The Morgan fingerprint density at radius 3 is 2.42 bits per heavy atom. The molecule has 0 radical (unpaired) electrons. The van der Waals surface area contributed by atoms with Gasteiger partial charge in [0.2, 0.25) is 0 Å². The second-order valence-corrected chi connectivity index (χ2v) is 9.91. The molecule has 2 aliphatic heterocycles. The largest absolute Gasteiger partial charge is 0.497 e. The molecule has 0 saturated carbocycles. The molecule has 0 aliphatic carbocycles. The lowest BCUT2D eigenvalue weighted by atomic mass is 9.96. The zero-order valence-electron chi connectivity index (χ0n) is 21.7. The molecule has 2 heterocycles. The molecule has 4 aromatic rings. The molecule has 4 aromatic carbocycles. The summed E-state index contributed by atoms with van der Waals surface area (Å²) >= 11 is 0. The second kappa shape index (κ2) is 10.8. The summed E-state index contributed by atoms with van der Waals surface area (Å²) in [4.78, 5) is 14.8. The molecule has 0 atom stereocenters. The van der Waals surface area contributed by atoms with Crippen LogP contribution in [0.15, 0.2) is 72.8 Å². The van der Waals surface area contributed by atoms with Gasteiger partial charge in [0.25, 0.3) is 5.91 Å². The van der Waals surface area contributed by atoms with Gasteiger partial charge in [-0.25, -0.2) is 0 Å². The van der Waals surface area contributed by atoms with Crippen molar-refractivity contribution in [2.24, 2.45) is 0 Å². The van der Waals surface area contributed by atoms with Crippen molar-refractivity contribution in [2.45, 2.75) is 25.8 Å². The molecule has 6 nitrogen and oxygen atoms in total. The van der Waals surface area contributed by atoms with Crippen LogP contribution in [0.3, 0.4) is 0 Å². The van der Waals surface area contributed by atoms with E-state index >= 15 is 0 Å². The van der Waals surface area contributed by atoms with Gasteiger partial charge in [-0.1, -0.05) is 24.6 Å². The first kappa shape index (κ1) is 24.3. The van der Waals surface area contributed by atoms with Crippen molar-refractivity contribution in [1.29, 1.82) is 0 Å². The van der Waals surface area contributed by atoms with Crippen LogP contribution in [0.2, 0.25) is 0 Å². The van der Waals surface area contributed by atoms with Crippen molar-refractivity contribution in [2.75, 3.05) is 33.4 Å². The zero-order chi connectivity index (χ0) is 25.9. The summed E-state index contributed by atoms with van der Waals surface area (Å²) in [5.41, 5.74) is 3.59. The summed E-state index contributed by atoms with van der Waals surface area (Å²) < 4.78 is 18.0. The average Bonchev–Trinajstić information content (AvgIpc) is 3.34. The smallest absolute Gasteiger partial charge is 0.251 e. The van der Waals surface area contributed by atoms with Crippen molar-refractivity contribution in [3.8, 4) is 34.1 Å². The number of methoxy groups -OCH3 is 1. The van der Waals surface area contributed by atoms with Gasteiger partial charge < -0.3 is 19.5 Å². The Labute approximate surface area is 223 Å². The summed E-state index contributed by atoms with van der Waals surface area (Å²) in [7, 11) is 1.67. The van der Waals surface area contributed by atoms with Gasteiger partial charge in [0.1, 0.15) is 29.6 Å². The molecule has 2 aliphatic rings. The van der Waals surface area contributed by atoms with E-state index in [0.717, 1.165) is 57.0 Å². The lowest BCUT2D eigenvalue weighted by molar-refractivity contribution is 0.0965. The number of amides is 1. The Bertz CT molecular complexity index is 1460. The van der Waals surface area contributed by atoms with E-state index in [1.54, 1.807) is 7.11 Å². The van der Waals surface area contributed by atoms with Gasteiger partial charge in [-0.3, -0.25) is 9.69 Å². The molecule has 6 rings (SSSR count). The number of hydrogen-bond acceptors (Lipinski definition) is 5. The SMILES string of the molecule is COc1ccc2c(Oc3ccc(OCCN4CCCCC4)cc3)c(-c3ccc4c(c3)C(=O)NC4)ccc2c1. The lowest BCUT2D eigenvalue weighted by Gasteiger charge is -2.26. The fourth-order valence-corrected chi connectivity index (χ4v) is 5.32. The molecule has 1 N–H and O–H groups in total. The van der Waals surface area contributed by atoms with Crippen molar-refractivity contribution in [3.05, 3.63) is 83.9 Å². The number of carbonyl (C=O) groups is 1. The van der Waals surface area contributed by atoms with Crippen LogP contribution in [0.1, 0.15) is 35.2 Å². The number of hydrogen-bond donors (Lipinski definition) is 1. The summed E-state index contributed by atoms with van der Waals surface area (Å²) in [6.45, 7) is 4.55. The Balaban J connectivity index is 1.27. The zero-order valence-corrected chi connectivity index (χ0v) is 21.7. The number of nitrogens with one attached hydrogen (secondary N) is 1. The van der Waals surface area contributed by atoms with E-state index in [-0.39, 0.29) is 5.91 Å². The summed E-state index contributed by atoms with van der Waals surface area (Å²) in [6.07, 6.45) is 3.91. The highest BCUT2D eigenvalue weighted by molar-refractivity contribution is 6.01. The second-order valence-electron chi connectivity index (χ2n) is 9.91. The number of fused-ring (bicyclic) bond motifs is 2. The van der Waals surface area contributed by atoms with Crippen LogP contribution >= 0.6 is 0 Å². The molecule has 0 unspecified atom stereocenters. The molecular weight excluding hydrogens is 476 g/mol. The van der Waals surface area contributed by atoms with E-state index in [0.29, 0.717) is 18.7 Å². The van der Waals surface area contributed by atoms with Crippen LogP contribution in [-0.4, -0.2) is 44.2 Å². The van der Waals surface area contributed by atoms with Gasteiger partial charge in [0.15, 0.2) is 0 Å². The third-order valence-electron chi connectivity index (χ3n) is 7.45. The van der Waals surface area contributed by atoms with E-state index in [2.05, 4.69) is 22.3 Å². The first-order chi connectivity index (χ1) is 18.7. The first-order valence-electron chi connectivity index (χ1n) is 13.3. The molecular formula is C32H32N2O4. The predicted molar refractivity (Wildman–Crippen MR) is 149 cm³/mol. The third-order valence-corrected chi connectivity index (χ3v) is 7.45. The molecule has 1 fully saturated rings. The van der Waals surface area contributed by atoms with E-state index in [9.17, 15) is 4.79 Å². The Morgan fingerprint density at radius 2 is 1.61 bits per heavy atom. The average molecular weight is 509 g/mol. The fourth-order valence-electron chi connectivity index (χ4n) is 5.32. The minimum absolute atomic E-state index is 0.0364. The monoisotopic (exact) mass is 508 g/mol. The predicted octanol–water partition coefficient (Wildman–Crippen LogP) is 6.42. The van der Waals surface area contributed by atoms with Crippen LogP contribution < -0.4 is 19.5 Å². The van der Waals surface area contributed by atoms with E-state index in [1.807, 2.05) is 60.7 Å². The normalized spacial score (nSPS) is 15.2. The number of piperidine rings is 1. The highest BCUT2D eigenvalue weighted by atomic mass is 16.5. The Hall–Kier alpha value is -4.03. The molecule has 194 valence electrons. The van der Waals surface area contributed by atoms with E-state index in [1.165, 1.54) is 32.4 Å². The standard InChI is InChI=1S/C32H32N2O4/c1-36-27-12-14-29-22(19-27)7-13-28(23-5-6-24-21-33-32(35)30(24)20-23)31(29)38-26-10-8-25(9-11-26)37-18-17-34-15-3-2-4-16-34/h5-14,19-20H,2-4,15-18,21H2,1H3,(H,33,35). The number of carbonyl (C=O) groups excluding carboxylic acids is 1. The van der Waals surface area contributed by atoms with Gasteiger partial charge in [-0.15, -0.1) is 0 Å². The summed E-state index contributed by atoms with van der Waals surface area (Å²) in [5.74, 6) is 3.04. The maximum Gasteiger partial charge on any atom is 0.251 e. The van der Waals surface area contributed by atoms with E-state index in [4.69, 9.17) is 14.2 Å². The Morgan fingerprint density at radius 1 is 0.816 bits per heavy atom. The van der Waals surface area contributed by atoms with Gasteiger partial charge in [0, 0.05) is 29.6 Å². The topological polar surface area (TPSA) is 60.0 Å². The van der Waals surface area contributed by atoms with Gasteiger partial charge in [-0.2, -0.15) is 0 Å². The minimum Gasteiger partial charge on any atom is -0.497 e. The first-order valence-corrected chi connectivity index (χ1v) is 13.3. The molecule has 0 bridgehead atoms. The maximum atomic E-state index is 12.3. The number of benzene rings is 4. The minimum atomic E-state index is -0.0364. The van der Waals surface area contributed by atoms with Gasteiger partial charge in [-0.05, 0) is 97.0 Å². The molecule has 1 amide bonds. The van der Waals surface area contributed by atoms with Crippen molar-refractivity contribution < 1.29 is 19.0 Å². The van der Waals surface area contributed by atoms with Crippen LogP contribution in [0.25, 0.3) is 21.9 Å². The quantitative estimate of drug-likeness (QED) is 0.298. The van der Waals surface area contributed by atoms with Crippen LogP contribution in [0, 0.1) is 0 Å². The Kier molecular flexibility index (Phi) is 6.88. The molecule has 0 aromatic heterocycles. The van der Waals surface area contributed by atoms with E-state index < -0.39 is 0 Å². The van der Waals surface area contributed by atoms with Crippen LogP contribution in [-0.2, 0) is 6.54 Å². The number of ether oxygens (including phenoxy) is 3. The third kappa shape index (κ3) is 5.04. The maximum absolute atomic E-state index is 12.3.